The zero-order valence-corrected chi connectivity index (χ0v) is 18.2. The average molecular weight is 417 g/mol. The van der Waals surface area contributed by atoms with Crippen LogP contribution in [0.5, 0.6) is 0 Å². The Hall–Kier alpha value is -2.50. The van der Waals surface area contributed by atoms with Gasteiger partial charge < -0.3 is 9.47 Å². The Bertz CT molecular complexity index is 1070. The first-order chi connectivity index (χ1) is 15.3. The van der Waals surface area contributed by atoms with E-state index in [0.29, 0.717) is 11.7 Å². The molecule has 0 amide bonds. The zero-order chi connectivity index (χ0) is 21.0. The average Bonchev–Trinajstić information content (AvgIpc) is 3.48. The third-order valence-electron chi connectivity index (χ3n) is 6.89. The molecule has 162 valence electrons. The molecule has 3 aromatic rings. The van der Waals surface area contributed by atoms with Crippen molar-refractivity contribution in [3.8, 4) is 11.3 Å². The molecular weight excluding hydrogens is 384 g/mol. The van der Waals surface area contributed by atoms with Gasteiger partial charge in [0.1, 0.15) is 5.69 Å². The van der Waals surface area contributed by atoms with Crippen LogP contribution in [0, 0.1) is 0 Å². The van der Waals surface area contributed by atoms with Crippen LogP contribution in [0.25, 0.3) is 22.3 Å². The van der Waals surface area contributed by atoms with Crippen molar-refractivity contribution in [2.45, 2.75) is 44.7 Å². The fraction of sp³-hybridized carbons (Fsp3) is 0.462. The van der Waals surface area contributed by atoms with Gasteiger partial charge in [-0.3, -0.25) is 9.69 Å². The number of rotatable bonds is 7. The molecule has 2 saturated heterocycles. The molecule has 1 aromatic heterocycles. The number of hydrogen-bond donors (Lipinski definition) is 0. The normalized spacial score (nSPS) is 20.1. The maximum Gasteiger partial charge on any atom is 0.277 e. The van der Waals surface area contributed by atoms with Crippen molar-refractivity contribution in [2.75, 3.05) is 32.7 Å². The molecule has 0 saturated carbocycles. The van der Waals surface area contributed by atoms with Gasteiger partial charge in [-0.15, -0.1) is 0 Å². The summed E-state index contributed by atoms with van der Waals surface area (Å²) in [5.74, 6) is 0. The van der Waals surface area contributed by atoms with E-state index in [1.165, 1.54) is 51.9 Å². The van der Waals surface area contributed by atoms with E-state index in [0.717, 1.165) is 36.1 Å². The van der Waals surface area contributed by atoms with E-state index >= 15 is 0 Å². The van der Waals surface area contributed by atoms with Crippen LogP contribution in [0.1, 0.15) is 32.1 Å². The molecule has 1 unspecified atom stereocenters. The fourth-order valence-corrected chi connectivity index (χ4v) is 5.29. The first-order valence-electron chi connectivity index (χ1n) is 11.8. The molecule has 0 N–H and O–H groups in total. The molecule has 0 aliphatic carbocycles. The van der Waals surface area contributed by atoms with E-state index in [1.807, 2.05) is 59.2 Å². The number of aromatic nitrogens is 2. The molecule has 5 nitrogen and oxygen atoms in total. The van der Waals surface area contributed by atoms with Crippen molar-refractivity contribution in [3.63, 3.8) is 0 Å². The van der Waals surface area contributed by atoms with Gasteiger partial charge in [0, 0.05) is 31.2 Å². The molecule has 5 heteroatoms. The highest BCUT2D eigenvalue weighted by molar-refractivity contribution is 5.77. The van der Waals surface area contributed by atoms with Gasteiger partial charge in [-0.05, 0) is 63.9 Å². The summed E-state index contributed by atoms with van der Waals surface area (Å²) in [7, 11) is 0. The van der Waals surface area contributed by atoms with Gasteiger partial charge in [0.25, 0.3) is 5.56 Å². The van der Waals surface area contributed by atoms with Crippen molar-refractivity contribution in [3.05, 3.63) is 65.0 Å². The minimum Gasteiger partial charge on any atom is -0.305 e. The van der Waals surface area contributed by atoms with Crippen molar-refractivity contribution in [2.24, 2.45) is 0 Å². The number of benzene rings is 2. The van der Waals surface area contributed by atoms with Gasteiger partial charge in [0.05, 0.1) is 11.0 Å². The third kappa shape index (κ3) is 4.43. The molecule has 0 radical (unpaired) electrons. The summed E-state index contributed by atoms with van der Waals surface area (Å²) in [5.41, 5.74) is 3.26. The Morgan fingerprint density at radius 3 is 2.48 bits per heavy atom. The largest absolute Gasteiger partial charge is 0.305 e. The van der Waals surface area contributed by atoms with Crippen LogP contribution in [0.2, 0.25) is 0 Å². The Balaban J connectivity index is 1.34. The van der Waals surface area contributed by atoms with Gasteiger partial charge in [-0.25, -0.2) is 4.98 Å². The Kier molecular flexibility index (Phi) is 6.14. The van der Waals surface area contributed by atoms with Crippen LogP contribution in [0.4, 0.5) is 0 Å². The molecule has 31 heavy (non-hydrogen) atoms. The number of para-hydroxylation sites is 2. The molecule has 2 aromatic carbocycles. The number of likely N-dealkylation sites (tertiary alicyclic amines) is 2. The zero-order valence-electron chi connectivity index (χ0n) is 18.2. The lowest BCUT2D eigenvalue weighted by molar-refractivity contribution is 0.188. The van der Waals surface area contributed by atoms with Gasteiger partial charge in [0.15, 0.2) is 0 Å². The highest BCUT2D eigenvalue weighted by Gasteiger charge is 2.27. The maximum absolute atomic E-state index is 13.4. The predicted octanol–water partition coefficient (Wildman–Crippen LogP) is 4.01. The van der Waals surface area contributed by atoms with E-state index < -0.39 is 0 Å². The van der Waals surface area contributed by atoms with E-state index in [2.05, 4.69) is 9.80 Å². The predicted molar refractivity (Wildman–Crippen MR) is 126 cm³/mol. The lowest BCUT2D eigenvalue weighted by Gasteiger charge is -2.28. The number of hydrogen-bond acceptors (Lipinski definition) is 4. The molecule has 0 bridgehead atoms. The van der Waals surface area contributed by atoms with Crippen molar-refractivity contribution < 1.29 is 0 Å². The number of aryl methyl sites for hydroxylation is 1. The van der Waals surface area contributed by atoms with Crippen LogP contribution in [-0.4, -0.2) is 58.1 Å². The molecule has 5 rings (SSSR count). The second kappa shape index (κ2) is 9.33. The van der Waals surface area contributed by atoms with Gasteiger partial charge >= 0.3 is 0 Å². The summed E-state index contributed by atoms with van der Waals surface area (Å²) < 4.78 is 1.94. The van der Waals surface area contributed by atoms with Crippen LogP contribution >= 0.6 is 0 Å². The van der Waals surface area contributed by atoms with Crippen LogP contribution in [-0.2, 0) is 6.54 Å². The monoisotopic (exact) mass is 416 g/mol. The molecular formula is C26H32N4O. The highest BCUT2D eigenvalue weighted by Crippen LogP contribution is 2.21. The molecule has 2 fully saturated rings. The Morgan fingerprint density at radius 1 is 0.871 bits per heavy atom. The smallest absolute Gasteiger partial charge is 0.277 e. The van der Waals surface area contributed by atoms with Crippen molar-refractivity contribution >= 4 is 11.0 Å². The summed E-state index contributed by atoms with van der Waals surface area (Å²) in [6.45, 7) is 6.74. The minimum atomic E-state index is 0.0138. The van der Waals surface area contributed by atoms with Gasteiger partial charge in [-0.2, -0.15) is 0 Å². The van der Waals surface area contributed by atoms with E-state index in [-0.39, 0.29) is 5.56 Å². The SMILES string of the molecule is O=c1c(-c2ccccc2)nc2ccccc2n1CCCN1CCCC1CN1CCCC1. The lowest BCUT2D eigenvalue weighted by Crippen LogP contribution is -2.40. The van der Waals surface area contributed by atoms with E-state index in [4.69, 9.17) is 4.98 Å². The van der Waals surface area contributed by atoms with E-state index in [9.17, 15) is 4.79 Å². The van der Waals surface area contributed by atoms with Crippen LogP contribution in [0.3, 0.4) is 0 Å². The summed E-state index contributed by atoms with van der Waals surface area (Å²) in [4.78, 5) is 23.4. The Morgan fingerprint density at radius 2 is 1.65 bits per heavy atom. The summed E-state index contributed by atoms with van der Waals surface area (Å²) >= 11 is 0. The minimum absolute atomic E-state index is 0.0138. The second-order valence-electron chi connectivity index (χ2n) is 8.97. The summed E-state index contributed by atoms with van der Waals surface area (Å²) in [6, 6.07) is 18.5. The highest BCUT2D eigenvalue weighted by atomic mass is 16.1. The molecule has 1 atom stereocenters. The summed E-state index contributed by atoms with van der Waals surface area (Å²) in [6.07, 6.45) is 6.31. The Labute approximate surface area is 184 Å². The van der Waals surface area contributed by atoms with Crippen LogP contribution in [0.15, 0.2) is 59.4 Å². The van der Waals surface area contributed by atoms with Crippen molar-refractivity contribution in [1.82, 2.24) is 19.4 Å². The first kappa shape index (κ1) is 20.4. The maximum atomic E-state index is 13.4. The molecule has 0 spiro atoms. The number of nitrogens with zero attached hydrogens (tertiary/aromatic N) is 4. The van der Waals surface area contributed by atoms with Crippen LogP contribution < -0.4 is 5.56 Å². The molecule has 2 aliphatic rings. The second-order valence-corrected chi connectivity index (χ2v) is 8.97. The first-order valence-corrected chi connectivity index (χ1v) is 11.8. The lowest BCUT2D eigenvalue weighted by atomic mass is 10.1. The standard InChI is InChI=1S/C26H32N4O/c31-26-25(21-10-2-1-3-11-21)27-23-13-4-5-14-24(23)30(26)19-9-18-29-17-8-12-22(29)20-28-15-6-7-16-28/h1-5,10-11,13-14,22H,6-9,12,15-20H2. The molecule has 3 heterocycles. The van der Waals surface area contributed by atoms with E-state index in [1.54, 1.807) is 0 Å². The summed E-state index contributed by atoms with van der Waals surface area (Å²) in [5, 5.41) is 0. The fourth-order valence-electron chi connectivity index (χ4n) is 5.29. The van der Waals surface area contributed by atoms with Gasteiger partial charge in [-0.1, -0.05) is 42.5 Å². The van der Waals surface area contributed by atoms with Crippen molar-refractivity contribution in [1.29, 1.82) is 0 Å². The topological polar surface area (TPSA) is 41.4 Å². The third-order valence-corrected chi connectivity index (χ3v) is 6.89. The quantitative estimate of drug-likeness (QED) is 0.584. The molecule has 2 aliphatic heterocycles. The van der Waals surface area contributed by atoms with Gasteiger partial charge in [0.2, 0.25) is 0 Å². The number of fused-ring (bicyclic) bond motifs is 1.